The Morgan fingerprint density at radius 2 is 2.54 bits per heavy atom. The van der Waals surface area contributed by atoms with E-state index >= 15 is 0 Å². The van der Waals surface area contributed by atoms with Crippen molar-refractivity contribution in [2.75, 3.05) is 19.7 Å². The molecule has 0 bridgehead atoms. The first kappa shape index (κ1) is 10.1. The SMILES string of the molecule is C=C(C)COC(C)N1CCNC1=O. The minimum Gasteiger partial charge on any atom is -0.354 e. The highest BCUT2D eigenvalue weighted by atomic mass is 16.5. The Bertz CT molecular complexity index is 216. The van der Waals surface area contributed by atoms with E-state index in [2.05, 4.69) is 11.9 Å². The molecule has 0 aromatic rings. The molecule has 1 rings (SSSR count). The lowest BCUT2D eigenvalue weighted by Crippen LogP contribution is -2.38. The van der Waals surface area contributed by atoms with Crippen molar-refractivity contribution in [3.63, 3.8) is 0 Å². The molecule has 1 saturated heterocycles. The zero-order valence-corrected chi connectivity index (χ0v) is 8.17. The molecule has 0 aromatic carbocycles. The van der Waals surface area contributed by atoms with Crippen LogP contribution in [0.25, 0.3) is 0 Å². The molecule has 0 spiro atoms. The van der Waals surface area contributed by atoms with Crippen LogP contribution in [0.4, 0.5) is 4.79 Å². The molecule has 0 saturated carbocycles. The van der Waals surface area contributed by atoms with E-state index in [0.29, 0.717) is 13.2 Å². The summed E-state index contributed by atoms with van der Waals surface area (Å²) in [6, 6.07) is -0.0470. The summed E-state index contributed by atoms with van der Waals surface area (Å²) in [7, 11) is 0. The van der Waals surface area contributed by atoms with Crippen LogP contribution in [0.15, 0.2) is 12.2 Å². The van der Waals surface area contributed by atoms with Gasteiger partial charge in [0.25, 0.3) is 0 Å². The second-order valence-electron chi connectivity index (χ2n) is 3.29. The first-order valence-corrected chi connectivity index (χ1v) is 4.41. The Hall–Kier alpha value is -1.03. The van der Waals surface area contributed by atoms with Gasteiger partial charge < -0.3 is 10.1 Å². The lowest BCUT2D eigenvalue weighted by Gasteiger charge is -2.22. The molecule has 1 unspecified atom stereocenters. The second kappa shape index (κ2) is 4.28. The normalized spacial score (nSPS) is 18.6. The fraction of sp³-hybridized carbons (Fsp3) is 0.667. The number of rotatable bonds is 4. The lowest BCUT2D eigenvalue weighted by molar-refractivity contribution is -0.00567. The highest BCUT2D eigenvalue weighted by molar-refractivity contribution is 5.76. The first-order chi connectivity index (χ1) is 6.11. The van der Waals surface area contributed by atoms with Crippen LogP contribution in [0.2, 0.25) is 0 Å². The molecule has 1 aliphatic heterocycles. The van der Waals surface area contributed by atoms with E-state index in [-0.39, 0.29) is 12.3 Å². The van der Waals surface area contributed by atoms with Gasteiger partial charge >= 0.3 is 6.03 Å². The van der Waals surface area contributed by atoms with Gasteiger partial charge in [0.2, 0.25) is 0 Å². The number of ether oxygens (including phenoxy) is 1. The van der Waals surface area contributed by atoms with Crippen LogP contribution >= 0.6 is 0 Å². The third-order valence-electron chi connectivity index (χ3n) is 1.90. The number of hydrogen-bond acceptors (Lipinski definition) is 2. The maximum absolute atomic E-state index is 11.2. The van der Waals surface area contributed by atoms with Gasteiger partial charge in [-0.15, -0.1) is 0 Å². The number of amides is 2. The predicted molar refractivity (Wildman–Crippen MR) is 50.3 cm³/mol. The van der Waals surface area contributed by atoms with E-state index in [4.69, 9.17) is 4.74 Å². The maximum atomic E-state index is 11.2. The van der Waals surface area contributed by atoms with E-state index < -0.39 is 0 Å². The van der Waals surface area contributed by atoms with Gasteiger partial charge in [-0.2, -0.15) is 0 Å². The topological polar surface area (TPSA) is 41.6 Å². The van der Waals surface area contributed by atoms with E-state index in [9.17, 15) is 4.79 Å². The van der Waals surface area contributed by atoms with Crippen molar-refractivity contribution in [3.8, 4) is 0 Å². The Labute approximate surface area is 78.5 Å². The number of nitrogens with zero attached hydrogens (tertiary/aromatic N) is 1. The van der Waals surface area contributed by atoms with Crippen LogP contribution in [0.1, 0.15) is 13.8 Å². The summed E-state index contributed by atoms with van der Waals surface area (Å²) in [5.74, 6) is 0. The summed E-state index contributed by atoms with van der Waals surface area (Å²) in [5.41, 5.74) is 0.964. The maximum Gasteiger partial charge on any atom is 0.319 e. The number of urea groups is 1. The summed E-state index contributed by atoms with van der Waals surface area (Å²) in [6.45, 7) is 9.43. The van der Waals surface area contributed by atoms with Gasteiger partial charge in [0, 0.05) is 13.1 Å². The van der Waals surface area contributed by atoms with Gasteiger partial charge in [-0.25, -0.2) is 4.79 Å². The molecular weight excluding hydrogens is 168 g/mol. The number of carbonyl (C=O) groups is 1. The van der Waals surface area contributed by atoms with Crippen molar-refractivity contribution in [2.45, 2.75) is 20.1 Å². The summed E-state index contributed by atoms with van der Waals surface area (Å²) in [4.78, 5) is 12.8. The van der Waals surface area contributed by atoms with E-state index in [1.54, 1.807) is 4.90 Å². The summed E-state index contributed by atoms with van der Waals surface area (Å²) in [6.07, 6.45) is -0.167. The minimum absolute atomic E-state index is 0.0470. The zero-order valence-electron chi connectivity index (χ0n) is 8.17. The average molecular weight is 184 g/mol. The third-order valence-corrected chi connectivity index (χ3v) is 1.90. The van der Waals surface area contributed by atoms with Crippen LogP contribution < -0.4 is 5.32 Å². The molecule has 4 nitrogen and oxygen atoms in total. The predicted octanol–water partition coefficient (Wildman–Crippen LogP) is 0.950. The molecule has 1 fully saturated rings. The molecule has 1 atom stereocenters. The van der Waals surface area contributed by atoms with Gasteiger partial charge in [-0.3, -0.25) is 4.90 Å². The Morgan fingerprint density at radius 1 is 1.85 bits per heavy atom. The fourth-order valence-corrected chi connectivity index (χ4v) is 1.19. The molecule has 74 valence electrons. The standard InChI is InChI=1S/C9H16N2O2/c1-7(2)6-13-8(3)11-5-4-10-9(11)12/h8H,1,4-6H2,2-3H3,(H,10,12). The molecule has 1 N–H and O–H groups in total. The van der Waals surface area contributed by atoms with Crippen LogP contribution in [0, 0.1) is 0 Å². The van der Waals surface area contributed by atoms with Crippen LogP contribution in [0.3, 0.4) is 0 Å². The largest absolute Gasteiger partial charge is 0.354 e. The summed E-state index contributed by atoms with van der Waals surface area (Å²) >= 11 is 0. The minimum atomic E-state index is -0.167. The number of carbonyl (C=O) groups excluding carboxylic acids is 1. The highest BCUT2D eigenvalue weighted by Gasteiger charge is 2.24. The number of nitrogens with one attached hydrogen (secondary N) is 1. The molecule has 2 amide bonds. The summed E-state index contributed by atoms with van der Waals surface area (Å²) < 4.78 is 5.42. The Morgan fingerprint density at radius 3 is 3.00 bits per heavy atom. The van der Waals surface area contributed by atoms with Crippen molar-refractivity contribution >= 4 is 6.03 Å². The Balaban J connectivity index is 2.34. The van der Waals surface area contributed by atoms with E-state index in [1.165, 1.54) is 0 Å². The average Bonchev–Trinajstić information content (AvgIpc) is 2.47. The highest BCUT2D eigenvalue weighted by Crippen LogP contribution is 2.06. The fourth-order valence-electron chi connectivity index (χ4n) is 1.19. The van der Waals surface area contributed by atoms with E-state index in [1.807, 2.05) is 13.8 Å². The Kier molecular flexibility index (Phi) is 3.31. The van der Waals surface area contributed by atoms with Gasteiger partial charge in [-0.1, -0.05) is 12.2 Å². The summed E-state index contributed by atoms with van der Waals surface area (Å²) in [5, 5.41) is 2.72. The van der Waals surface area contributed by atoms with Gasteiger partial charge in [-0.05, 0) is 13.8 Å². The molecule has 1 aliphatic rings. The van der Waals surface area contributed by atoms with Crippen molar-refractivity contribution < 1.29 is 9.53 Å². The second-order valence-corrected chi connectivity index (χ2v) is 3.29. The van der Waals surface area contributed by atoms with Crippen molar-refractivity contribution in [1.29, 1.82) is 0 Å². The lowest BCUT2D eigenvalue weighted by atomic mass is 10.4. The van der Waals surface area contributed by atoms with Crippen molar-refractivity contribution in [2.24, 2.45) is 0 Å². The van der Waals surface area contributed by atoms with Gasteiger partial charge in [0.05, 0.1) is 6.61 Å². The quantitative estimate of drug-likeness (QED) is 0.661. The molecule has 0 radical (unpaired) electrons. The first-order valence-electron chi connectivity index (χ1n) is 4.41. The molecule has 1 heterocycles. The molecule has 13 heavy (non-hydrogen) atoms. The van der Waals surface area contributed by atoms with E-state index in [0.717, 1.165) is 12.1 Å². The van der Waals surface area contributed by atoms with Gasteiger partial charge in [0.15, 0.2) is 0 Å². The van der Waals surface area contributed by atoms with Crippen LogP contribution in [0.5, 0.6) is 0 Å². The van der Waals surface area contributed by atoms with Gasteiger partial charge in [0.1, 0.15) is 6.23 Å². The molecule has 0 aliphatic carbocycles. The van der Waals surface area contributed by atoms with Crippen LogP contribution in [-0.4, -0.2) is 36.9 Å². The van der Waals surface area contributed by atoms with Crippen molar-refractivity contribution in [1.82, 2.24) is 10.2 Å². The monoisotopic (exact) mass is 184 g/mol. The zero-order chi connectivity index (χ0) is 9.84. The molecular formula is C9H16N2O2. The van der Waals surface area contributed by atoms with Crippen molar-refractivity contribution in [3.05, 3.63) is 12.2 Å². The molecule has 4 heteroatoms. The third kappa shape index (κ3) is 2.73. The van der Waals surface area contributed by atoms with Crippen LogP contribution in [-0.2, 0) is 4.74 Å². The molecule has 0 aromatic heterocycles. The number of hydrogen-bond donors (Lipinski definition) is 1. The smallest absolute Gasteiger partial charge is 0.319 e.